The summed E-state index contributed by atoms with van der Waals surface area (Å²) in [5, 5.41) is -0.0923. The van der Waals surface area contributed by atoms with E-state index in [-0.39, 0.29) is 17.3 Å². The van der Waals surface area contributed by atoms with Gasteiger partial charge in [0.15, 0.2) is 5.78 Å². The molecule has 3 rings (SSSR count). The van der Waals surface area contributed by atoms with Gasteiger partial charge >= 0.3 is 0 Å². The van der Waals surface area contributed by atoms with E-state index in [9.17, 15) is 9.59 Å². The summed E-state index contributed by atoms with van der Waals surface area (Å²) in [5.41, 5.74) is 0.685. The maximum Gasteiger partial charge on any atom is 0.225 e. The van der Waals surface area contributed by atoms with Gasteiger partial charge in [0.05, 0.1) is 17.0 Å². The van der Waals surface area contributed by atoms with Crippen LogP contribution in [0.1, 0.15) is 31.4 Å². The van der Waals surface area contributed by atoms with Crippen molar-refractivity contribution in [2.75, 3.05) is 38.6 Å². The number of anilines is 1. The van der Waals surface area contributed by atoms with Crippen LogP contribution < -0.4 is 4.90 Å². The molecule has 0 unspecified atom stereocenters. The highest BCUT2D eigenvalue weighted by Crippen LogP contribution is 2.30. The zero-order chi connectivity index (χ0) is 17.8. The van der Waals surface area contributed by atoms with E-state index in [1.807, 2.05) is 0 Å². The van der Waals surface area contributed by atoms with Gasteiger partial charge in [0.25, 0.3) is 0 Å². The summed E-state index contributed by atoms with van der Waals surface area (Å²) >= 11 is 1.01. The van der Waals surface area contributed by atoms with Crippen LogP contribution in [0.25, 0.3) is 6.08 Å². The lowest BCUT2D eigenvalue weighted by Crippen LogP contribution is -2.35. The van der Waals surface area contributed by atoms with Crippen LogP contribution in [0.2, 0.25) is 0 Å². The molecule has 1 aromatic rings. The fourth-order valence-corrected chi connectivity index (χ4v) is 3.95. The van der Waals surface area contributed by atoms with Crippen LogP contribution >= 0.6 is 11.8 Å². The van der Waals surface area contributed by atoms with Crippen molar-refractivity contribution < 1.29 is 9.59 Å². The second-order valence-corrected chi connectivity index (χ2v) is 7.99. The Hall–Kier alpha value is -1.73. The van der Waals surface area contributed by atoms with E-state index in [0.717, 1.165) is 50.2 Å². The lowest BCUT2D eigenvalue weighted by Gasteiger charge is -2.32. The third-order valence-electron chi connectivity index (χ3n) is 4.63. The highest BCUT2D eigenvalue weighted by Gasteiger charge is 2.26. The second-order valence-electron chi connectivity index (χ2n) is 6.89. The van der Waals surface area contributed by atoms with Gasteiger partial charge in [-0.05, 0) is 69.7 Å². The monoisotopic (exact) mass is 360 g/mol. The van der Waals surface area contributed by atoms with E-state index in [4.69, 9.17) is 0 Å². The summed E-state index contributed by atoms with van der Waals surface area (Å²) < 4.78 is 0. The standard InChI is InChI=1S/C18H24N4O2S/c1-21(2)8-4-13-5-9-22(10-6-13)18-19-7-3-14(20-18)11-16-15(23)12-17(24)25-16/h3,7,11,13H,4-6,8-10,12H2,1-2H3/b16-11-. The van der Waals surface area contributed by atoms with Crippen molar-refractivity contribution in [2.24, 2.45) is 5.92 Å². The average molecular weight is 360 g/mol. The molecule has 0 N–H and O–H groups in total. The lowest BCUT2D eigenvalue weighted by atomic mass is 9.93. The van der Waals surface area contributed by atoms with Crippen molar-refractivity contribution in [2.45, 2.75) is 25.7 Å². The van der Waals surface area contributed by atoms with Gasteiger partial charge in [0, 0.05) is 19.3 Å². The Kier molecular flexibility index (Phi) is 5.86. The summed E-state index contributed by atoms with van der Waals surface area (Å²) in [6.07, 6.45) is 6.97. The van der Waals surface area contributed by atoms with Crippen LogP contribution in [0, 0.1) is 5.92 Å². The Labute approximate surface area is 152 Å². The van der Waals surface area contributed by atoms with Crippen molar-refractivity contribution in [1.29, 1.82) is 0 Å². The summed E-state index contributed by atoms with van der Waals surface area (Å²) in [5.74, 6) is 1.36. The molecule has 25 heavy (non-hydrogen) atoms. The number of Topliss-reactive ketones (excluding diaryl/α,β-unsaturated/α-hetero) is 1. The summed E-state index contributed by atoms with van der Waals surface area (Å²) in [4.78, 5) is 37.0. The van der Waals surface area contributed by atoms with E-state index < -0.39 is 0 Å². The molecule has 2 aliphatic rings. The molecule has 0 amide bonds. The molecule has 0 bridgehead atoms. The van der Waals surface area contributed by atoms with Crippen LogP contribution in [0.5, 0.6) is 0 Å². The number of piperidine rings is 1. The van der Waals surface area contributed by atoms with Crippen molar-refractivity contribution in [3.8, 4) is 0 Å². The first-order valence-corrected chi connectivity index (χ1v) is 9.51. The van der Waals surface area contributed by atoms with Crippen molar-refractivity contribution in [3.63, 3.8) is 0 Å². The molecule has 2 aliphatic heterocycles. The van der Waals surface area contributed by atoms with Gasteiger partial charge in [0.2, 0.25) is 11.1 Å². The molecule has 2 fully saturated rings. The normalized spacial score (nSPS) is 20.9. The highest BCUT2D eigenvalue weighted by molar-refractivity contribution is 8.18. The Morgan fingerprint density at radius 3 is 2.72 bits per heavy atom. The van der Waals surface area contributed by atoms with E-state index in [1.54, 1.807) is 18.3 Å². The number of hydrogen-bond donors (Lipinski definition) is 0. The first-order chi connectivity index (χ1) is 12.0. The summed E-state index contributed by atoms with van der Waals surface area (Å²) in [6, 6.07) is 1.77. The van der Waals surface area contributed by atoms with Gasteiger partial charge in [-0.25, -0.2) is 9.97 Å². The third kappa shape index (κ3) is 4.89. The van der Waals surface area contributed by atoms with Gasteiger partial charge in [-0.15, -0.1) is 0 Å². The molecular formula is C18H24N4O2S. The van der Waals surface area contributed by atoms with Crippen molar-refractivity contribution in [3.05, 3.63) is 22.9 Å². The Morgan fingerprint density at radius 2 is 2.08 bits per heavy atom. The van der Waals surface area contributed by atoms with Crippen LogP contribution in [-0.2, 0) is 9.59 Å². The summed E-state index contributed by atoms with van der Waals surface area (Å²) in [6.45, 7) is 3.06. The number of thioether (sulfide) groups is 1. The van der Waals surface area contributed by atoms with Crippen LogP contribution in [0.4, 0.5) is 5.95 Å². The number of hydrogen-bond acceptors (Lipinski definition) is 7. The highest BCUT2D eigenvalue weighted by atomic mass is 32.2. The van der Waals surface area contributed by atoms with Gasteiger partial charge in [-0.1, -0.05) is 0 Å². The molecule has 0 atom stereocenters. The predicted octanol–water partition coefficient (Wildman–Crippen LogP) is 2.22. The fraction of sp³-hybridized carbons (Fsp3) is 0.556. The molecule has 3 heterocycles. The SMILES string of the molecule is CN(C)CCC1CCN(c2nccc(/C=C3\SC(=O)CC3=O)n2)CC1. The van der Waals surface area contributed by atoms with Gasteiger partial charge in [0.1, 0.15) is 0 Å². The van der Waals surface area contributed by atoms with Crippen LogP contribution in [0.3, 0.4) is 0 Å². The molecule has 6 nitrogen and oxygen atoms in total. The first kappa shape index (κ1) is 18.1. The Bertz CT molecular complexity index is 681. The van der Waals surface area contributed by atoms with Crippen LogP contribution in [-0.4, -0.2) is 59.5 Å². The van der Waals surface area contributed by atoms with E-state index in [1.165, 1.54) is 6.42 Å². The second kappa shape index (κ2) is 8.10. The Balaban J connectivity index is 1.62. The number of nitrogens with zero attached hydrogens (tertiary/aromatic N) is 4. The number of ketones is 1. The van der Waals surface area contributed by atoms with E-state index >= 15 is 0 Å². The minimum atomic E-state index is -0.114. The van der Waals surface area contributed by atoms with E-state index in [2.05, 4.69) is 33.9 Å². The fourth-order valence-electron chi connectivity index (χ4n) is 3.14. The predicted molar refractivity (Wildman–Crippen MR) is 100 cm³/mol. The van der Waals surface area contributed by atoms with Gasteiger partial charge in [-0.3, -0.25) is 9.59 Å². The molecule has 0 radical (unpaired) electrons. The first-order valence-electron chi connectivity index (χ1n) is 8.69. The van der Waals surface area contributed by atoms with Gasteiger partial charge in [-0.2, -0.15) is 0 Å². The van der Waals surface area contributed by atoms with E-state index in [0.29, 0.717) is 16.5 Å². The molecule has 134 valence electrons. The lowest BCUT2D eigenvalue weighted by molar-refractivity contribution is -0.119. The van der Waals surface area contributed by atoms with Crippen molar-refractivity contribution in [1.82, 2.24) is 14.9 Å². The summed E-state index contributed by atoms with van der Waals surface area (Å²) in [7, 11) is 4.23. The quantitative estimate of drug-likeness (QED) is 0.589. The average Bonchev–Trinajstić information content (AvgIpc) is 2.91. The van der Waals surface area contributed by atoms with Gasteiger partial charge < -0.3 is 9.80 Å². The molecule has 2 saturated heterocycles. The minimum absolute atomic E-state index is 0.00506. The largest absolute Gasteiger partial charge is 0.341 e. The zero-order valence-corrected chi connectivity index (χ0v) is 15.6. The maximum atomic E-state index is 11.8. The number of carbonyl (C=O) groups is 2. The molecule has 0 aliphatic carbocycles. The number of aromatic nitrogens is 2. The molecule has 1 aromatic heterocycles. The van der Waals surface area contributed by atoms with Crippen LogP contribution in [0.15, 0.2) is 17.2 Å². The molecule has 0 aromatic carbocycles. The molecule has 0 spiro atoms. The number of rotatable bonds is 5. The van der Waals surface area contributed by atoms with Crippen molar-refractivity contribution >= 4 is 34.7 Å². The maximum absolute atomic E-state index is 11.8. The smallest absolute Gasteiger partial charge is 0.225 e. The molecule has 7 heteroatoms. The number of carbonyl (C=O) groups excluding carboxylic acids is 2. The third-order valence-corrected chi connectivity index (χ3v) is 5.57. The zero-order valence-electron chi connectivity index (χ0n) is 14.8. The number of allylic oxidation sites excluding steroid dienone is 1. The topological polar surface area (TPSA) is 66.4 Å². The molecular weight excluding hydrogens is 336 g/mol. The molecule has 0 saturated carbocycles. The Morgan fingerprint density at radius 1 is 1.32 bits per heavy atom. The minimum Gasteiger partial charge on any atom is -0.341 e.